The van der Waals surface area contributed by atoms with Gasteiger partial charge in [-0.3, -0.25) is 4.79 Å². The standard InChI is InChI=1S/C22H39NO8/c1-10-15(24)13-16(25)11-14(2)12-17(18(26)29-9)23(19(27)30-21(3,4)5)20(28)31-22(6,7)8/h14,16-17,25H,10-13H2,1-9H3/t14-,16+,17+/m1/s1. The highest BCUT2D eigenvalue weighted by Gasteiger charge is 2.41. The maximum absolute atomic E-state index is 12.8. The van der Waals surface area contributed by atoms with Crippen molar-refractivity contribution in [2.75, 3.05) is 7.11 Å². The van der Waals surface area contributed by atoms with Crippen molar-refractivity contribution >= 4 is 23.9 Å². The van der Waals surface area contributed by atoms with Gasteiger partial charge in [-0.25, -0.2) is 14.4 Å². The highest BCUT2D eigenvalue weighted by Crippen LogP contribution is 2.24. The second-order valence-corrected chi connectivity index (χ2v) is 9.70. The average Bonchev–Trinajstić information content (AvgIpc) is 2.56. The number of amides is 2. The van der Waals surface area contributed by atoms with Crippen molar-refractivity contribution in [1.29, 1.82) is 0 Å². The van der Waals surface area contributed by atoms with E-state index in [1.54, 1.807) is 55.4 Å². The van der Waals surface area contributed by atoms with E-state index in [0.29, 0.717) is 11.3 Å². The molecule has 0 aliphatic rings. The monoisotopic (exact) mass is 445 g/mol. The number of aliphatic hydroxyl groups excluding tert-OH is 1. The Bertz CT molecular complexity index is 604. The molecule has 0 aromatic rings. The first-order valence-corrected chi connectivity index (χ1v) is 10.5. The van der Waals surface area contributed by atoms with E-state index < -0.39 is 41.5 Å². The molecule has 1 N–H and O–H groups in total. The number of imide groups is 1. The summed E-state index contributed by atoms with van der Waals surface area (Å²) in [6.45, 7) is 13.3. The van der Waals surface area contributed by atoms with Crippen LogP contribution < -0.4 is 0 Å². The molecule has 0 aliphatic carbocycles. The van der Waals surface area contributed by atoms with Crippen LogP contribution in [0.4, 0.5) is 9.59 Å². The molecule has 31 heavy (non-hydrogen) atoms. The molecule has 0 fully saturated rings. The van der Waals surface area contributed by atoms with Crippen LogP contribution in [0.25, 0.3) is 0 Å². The number of hydrogen-bond donors (Lipinski definition) is 1. The Morgan fingerprint density at radius 1 is 0.903 bits per heavy atom. The smallest absolute Gasteiger partial charge is 0.420 e. The Balaban J connectivity index is 5.78. The van der Waals surface area contributed by atoms with Crippen LogP contribution in [0.3, 0.4) is 0 Å². The van der Waals surface area contributed by atoms with Gasteiger partial charge in [0.15, 0.2) is 0 Å². The van der Waals surface area contributed by atoms with Crippen LogP contribution in [0.15, 0.2) is 0 Å². The Hall–Kier alpha value is -2.16. The van der Waals surface area contributed by atoms with Gasteiger partial charge in [0.1, 0.15) is 23.0 Å². The predicted molar refractivity (Wildman–Crippen MR) is 114 cm³/mol. The number of carbonyl (C=O) groups excluding carboxylic acids is 4. The lowest BCUT2D eigenvalue weighted by atomic mass is 9.93. The van der Waals surface area contributed by atoms with Crippen LogP contribution in [0, 0.1) is 5.92 Å². The topological polar surface area (TPSA) is 119 Å². The molecule has 0 aromatic heterocycles. The summed E-state index contributed by atoms with van der Waals surface area (Å²) in [5.74, 6) is -1.22. The largest absolute Gasteiger partial charge is 0.467 e. The third-order valence-corrected chi connectivity index (χ3v) is 4.12. The molecule has 0 aromatic carbocycles. The fourth-order valence-corrected chi connectivity index (χ4v) is 2.83. The van der Waals surface area contributed by atoms with Gasteiger partial charge in [0.2, 0.25) is 0 Å². The highest BCUT2D eigenvalue weighted by atomic mass is 16.6. The van der Waals surface area contributed by atoms with E-state index in [1.807, 2.05) is 0 Å². The minimum absolute atomic E-state index is 0.00251. The van der Waals surface area contributed by atoms with Gasteiger partial charge < -0.3 is 19.3 Å². The summed E-state index contributed by atoms with van der Waals surface area (Å²) >= 11 is 0. The molecule has 0 spiro atoms. The number of aliphatic hydroxyl groups is 1. The normalized spacial score (nSPS) is 14.8. The molecule has 0 saturated heterocycles. The summed E-state index contributed by atoms with van der Waals surface area (Å²) in [6.07, 6.45) is -2.43. The summed E-state index contributed by atoms with van der Waals surface area (Å²) in [4.78, 5) is 50.4. The van der Waals surface area contributed by atoms with Gasteiger partial charge in [-0.1, -0.05) is 13.8 Å². The zero-order chi connectivity index (χ0) is 24.6. The minimum Gasteiger partial charge on any atom is -0.467 e. The van der Waals surface area contributed by atoms with E-state index in [2.05, 4.69) is 0 Å². The summed E-state index contributed by atoms with van der Waals surface area (Å²) < 4.78 is 15.5. The summed E-state index contributed by atoms with van der Waals surface area (Å²) in [7, 11) is 1.15. The number of nitrogens with zero attached hydrogens (tertiary/aromatic N) is 1. The molecule has 180 valence electrons. The van der Waals surface area contributed by atoms with Gasteiger partial charge in [-0.2, -0.15) is 4.90 Å². The highest BCUT2D eigenvalue weighted by molar-refractivity contribution is 5.94. The second-order valence-electron chi connectivity index (χ2n) is 9.70. The van der Waals surface area contributed by atoms with Crippen molar-refractivity contribution in [2.45, 2.75) is 104 Å². The summed E-state index contributed by atoms with van der Waals surface area (Å²) in [6, 6.07) is -1.32. The minimum atomic E-state index is -1.32. The lowest BCUT2D eigenvalue weighted by molar-refractivity contribution is -0.147. The third-order valence-electron chi connectivity index (χ3n) is 4.12. The molecule has 0 unspecified atom stereocenters. The molecule has 0 saturated carbocycles. The van der Waals surface area contributed by atoms with Crippen molar-refractivity contribution in [2.24, 2.45) is 5.92 Å². The van der Waals surface area contributed by atoms with E-state index >= 15 is 0 Å². The maximum Gasteiger partial charge on any atom is 0.420 e. The van der Waals surface area contributed by atoms with E-state index in [-0.39, 0.29) is 31.0 Å². The number of methoxy groups -OCH3 is 1. The number of carbonyl (C=O) groups is 4. The van der Waals surface area contributed by atoms with Crippen molar-refractivity contribution in [1.82, 2.24) is 4.90 Å². The molecule has 9 nitrogen and oxygen atoms in total. The van der Waals surface area contributed by atoms with Gasteiger partial charge in [0.25, 0.3) is 0 Å². The molecule has 0 bridgehead atoms. The molecular weight excluding hydrogens is 406 g/mol. The lowest BCUT2D eigenvalue weighted by Gasteiger charge is -2.33. The Morgan fingerprint density at radius 3 is 1.71 bits per heavy atom. The van der Waals surface area contributed by atoms with Gasteiger partial charge in [-0.05, 0) is 60.3 Å². The van der Waals surface area contributed by atoms with Crippen molar-refractivity contribution < 1.29 is 38.5 Å². The number of ketones is 1. The summed E-state index contributed by atoms with van der Waals surface area (Å²) in [5.41, 5.74) is -1.83. The fourth-order valence-electron chi connectivity index (χ4n) is 2.83. The molecule has 0 aliphatic heterocycles. The van der Waals surface area contributed by atoms with Crippen LogP contribution >= 0.6 is 0 Å². The van der Waals surface area contributed by atoms with Gasteiger partial charge in [0, 0.05) is 12.8 Å². The number of Topliss-reactive ketones (excluding diaryl/α,β-unsaturated/α-hetero) is 1. The first kappa shape index (κ1) is 28.8. The SMILES string of the molecule is CCC(=O)C[C@@H](O)C[C@@H](C)C[C@@H](C(=O)OC)N(C(=O)OC(C)(C)C)C(=O)OC(C)(C)C. The quantitative estimate of drug-likeness (QED) is 0.420. The van der Waals surface area contributed by atoms with Crippen LogP contribution in [-0.2, 0) is 23.8 Å². The lowest BCUT2D eigenvalue weighted by Crippen LogP contribution is -2.52. The van der Waals surface area contributed by atoms with Gasteiger partial charge in [0.05, 0.1) is 13.2 Å². The predicted octanol–water partition coefficient (Wildman–Crippen LogP) is 3.85. The first-order valence-electron chi connectivity index (χ1n) is 10.5. The second kappa shape index (κ2) is 12.0. The van der Waals surface area contributed by atoms with Crippen LogP contribution in [-0.4, -0.2) is 64.4 Å². The molecule has 0 rings (SSSR count). The zero-order valence-electron chi connectivity index (χ0n) is 20.3. The van der Waals surface area contributed by atoms with E-state index in [4.69, 9.17) is 14.2 Å². The maximum atomic E-state index is 12.8. The molecule has 0 radical (unpaired) electrons. The molecular formula is C22H39NO8. The third kappa shape index (κ3) is 11.7. The molecule has 3 atom stereocenters. The number of rotatable bonds is 9. The van der Waals surface area contributed by atoms with E-state index in [0.717, 1.165) is 7.11 Å². The van der Waals surface area contributed by atoms with E-state index in [1.165, 1.54) is 0 Å². The molecule has 0 heterocycles. The zero-order valence-corrected chi connectivity index (χ0v) is 20.3. The van der Waals surface area contributed by atoms with Crippen LogP contribution in [0.2, 0.25) is 0 Å². The van der Waals surface area contributed by atoms with Gasteiger partial charge in [-0.15, -0.1) is 0 Å². The van der Waals surface area contributed by atoms with E-state index in [9.17, 15) is 24.3 Å². The fraction of sp³-hybridized carbons (Fsp3) is 0.818. The van der Waals surface area contributed by atoms with Crippen molar-refractivity contribution in [3.8, 4) is 0 Å². The van der Waals surface area contributed by atoms with Crippen molar-refractivity contribution in [3.05, 3.63) is 0 Å². The molecule has 2 amide bonds. The number of ether oxygens (including phenoxy) is 3. The van der Waals surface area contributed by atoms with Gasteiger partial charge >= 0.3 is 18.2 Å². The number of hydrogen-bond acceptors (Lipinski definition) is 8. The van der Waals surface area contributed by atoms with Crippen LogP contribution in [0.1, 0.15) is 81.1 Å². The Labute approximate surface area is 185 Å². The summed E-state index contributed by atoms with van der Waals surface area (Å²) in [5, 5.41) is 10.2. The number of esters is 1. The molecule has 9 heteroatoms. The first-order chi connectivity index (χ1) is 14.0. The van der Waals surface area contributed by atoms with Crippen LogP contribution in [0.5, 0.6) is 0 Å². The Morgan fingerprint density at radius 2 is 1.35 bits per heavy atom. The van der Waals surface area contributed by atoms with Crippen molar-refractivity contribution in [3.63, 3.8) is 0 Å². The Kier molecular flexibility index (Phi) is 11.2. The average molecular weight is 446 g/mol.